The SMILES string of the molecule is c1ccc2c3c(ccc2c1)CCC1CCc2ccc4ccccc4c2C31. The van der Waals surface area contributed by atoms with Crippen LogP contribution in [0.2, 0.25) is 0 Å². The Morgan fingerprint density at radius 1 is 0.538 bits per heavy atom. The minimum Gasteiger partial charge on any atom is -0.0616 e. The van der Waals surface area contributed by atoms with Crippen molar-refractivity contribution >= 4 is 21.5 Å². The molecular weight excluding hydrogens is 312 g/mol. The molecule has 4 aromatic carbocycles. The molecule has 0 saturated carbocycles. The molecule has 0 heteroatoms. The second kappa shape index (κ2) is 5.45. The highest BCUT2D eigenvalue weighted by molar-refractivity contribution is 5.92. The van der Waals surface area contributed by atoms with Crippen molar-refractivity contribution in [3.63, 3.8) is 0 Å². The Labute approximate surface area is 154 Å². The van der Waals surface area contributed by atoms with Crippen molar-refractivity contribution in [2.24, 2.45) is 5.92 Å². The second-order valence-electron chi connectivity index (χ2n) is 8.03. The van der Waals surface area contributed by atoms with Crippen molar-refractivity contribution in [1.29, 1.82) is 0 Å². The lowest BCUT2D eigenvalue weighted by atomic mass is 9.64. The summed E-state index contributed by atoms with van der Waals surface area (Å²) in [5, 5.41) is 5.72. The third-order valence-corrected chi connectivity index (χ3v) is 6.78. The van der Waals surface area contributed by atoms with Gasteiger partial charge in [0, 0.05) is 5.92 Å². The van der Waals surface area contributed by atoms with E-state index in [2.05, 4.69) is 72.8 Å². The summed E-state index contributed by atoms with van der Waals surface area (Å²) in [6.45, 7) is 0. The third kappa shape index (κ3) is 1.96. The number of rotatable bonds is 0. The molecule has 0 saturated heterocycles. The van der Waals surface area contributed by atoms with E-state index in [0.29, 0.717) is 5.92 Å². The Morgan fingerprint density at radius 3 is 1.58 bits per heavy atom. The van der Waals surface area contributed by atoms with Gasteiger partial charge >= 0.3 is 0 Å². The van der Waals surface area contributed by atoms with E-state index >= 15 is 0 Å². The first kappa shape index (κ1) is 14.6. The first-order chi connectivity index (χ1) is 12.9. The molecule has 0 aliphatic heterocycles. The first-order valence-corrected chi connectivity index (χ1v) is 9.91. The van der Waals surface area contributed by atoms with Gasteiger partial charge in [0.05, 0.1) is 0 Å². The predicted molar refractivity (Wildman–Crippen MR) is 110 cm³/mol. The maximum absolute atomic E-state index is 2.40. The molecule has 0 heterocycles. The zero-order chi connectivity index (χ0) is 17.1. The molecular formula is C26H22. The summed E-state index contributed by atoms with van der Waals surface area (Å²) in [6.07, 6.45) is 5.14. The van der Waals surface area contributed by atoms with E-state index in [1.807, 2.05) is 0 Å². The van der Waals surface area contributed by atoms with Gasteiger partial charge in [-0.25, -0.2) is 0 Å². The Morgan fingerprint density at radius 2 is 1.04 bits per heavy atom. The molecule has 0 amide bonds. The molecule has 0 atom stereocenters. The Bertz CT molecular complexity index is 1060. The smallest absolute Gasteiger partial charge is 0.0136 e. The second-order valence-corrected chi connectivity index (χ2v) is 8.03. The van der Waals surface area contributed by atoms with Gasteiger partial charge in [-0.3, -0.25) is 0 Å². The fourth-order valence-electron chi connectivity index (χ4n) is 5.63. The molecule has 0 spiro atoms. The van der Waals surface area contributed by atoms with Crippen LogP contribution in [-0.4, -0.2) is 0 Å². The van der Waals surface area contributed by atoms with Crippen molar-refractivity contribution in [2.75, 3.05) is 0 Å². The topological polar surface area (TPSA) is 0 Å². The van der Waals surface area contributed by atoms with Gasteiger partial charge in [0.25, 0.3) is 0 Å². The van der Waals surface area contributed by atoms with Crippen LogP contribution in [0.4, 0.5) is 0 Å². The molecule has 0 nitrogen and oxygen atoms in total. The zero-order valence-electron chi connectivity index (χ0n) is 14.9. The Balaban J connectivity index is 1.72. The van der Waals surface area contributed by atoms with Crippen LogP contribution in [0, 0.1) is 5.92 Å². The number of hydrogen-bond donors (Lipinski definition) is 0. The van der Waals surface area contributed by atoms with Gasteiger partial charge in [-0.1, -0.05) is 72.8 Å². The van der Waals surface area contributed by atoms with Crippen LogP contribution in [0.25, 0.3) is 21.5 Å². The maximum Gasteiger partial charge on any atom is 0.0136 e. The van der Waals surface area contributed by atoms with Gasteiger partial charge in [0.2, 0.25) is 0 Å². The average molecular weight is 334 g/mol. The number of benzene rings is 4. The van der Waals surface area contributed by atoms with E-state index < -0.39 is 0 Å². The normalized spacial score (nSPS) is 21.2. The number of fused-ring (bicyclic) bond motifs is 9. The van der Waals surface area contributed by atoms with Crippen LogP contribution in [-0.2, 0) is 12.8 Å². The third-order valence-electron chi connectivity index (χ3n) is 6.78. The molecule has 0 bridgehead atoms. The van der Waals surface area contributed by atoms with Crippen molar-refractivity contribution in [2.45, 2.75) is 31.6 Å². The standard InChI is InChI=1S/C26H22/c1-3-7-22-17(5-1)9-11-19-13-15-21-16-14-20-12-10-18-6-2-4-8-23(18)25(20)26(21)24(19)22/h1-12,21,26H,13-16H2. The lowest BCUT2D eigenvalue weighted by Gasteiger charge is -2.40. The van der Waals surface area contributed by atoms with Gasteiger partial charge in [-0.15, -0.1) is 0 Å². The fourth-order valence-corrected chi connectivity index (χ4v) is 5.63. The highest BCUT2D eigenvalue weighted by Crippen LogP contribution is 2.51. The number of hydrogen-bond acceptors (Lipinski definition) is 0. The van der Waals surface area contributed by atoms with Crippen molar-refractivity contribution < 1.29 is 0 Å². The maximum atomic E-state index is 2.40. The van der Waals surface area contributed by atoms with Gasteiger partial charge in [0.1, 0.15) is 0 Å². The van der Waals surface area contributed by atoms with E-state index in [4.69, 9.17) is 0 Å². The molecule has 0 radical (unpaired) electrons. The molecule has 0 aromatic heterocycles. The summed E-state index contributed by atoms with van der Waals surface area (Å²) < 4.78 is 0. The van der Waals surface area contributed by atoms with E-state index in [1.165, 1.54) is 47.2 Å². The van der Waals surface area contributed by atoms with E-state index in [9.17, 15) is 0 Å². The summed E-state index contributed by atoms with van der Waals surface area (Å²) in [4.78, 5) is 0. The van der Waals surface area contributed by atoms with Crippen LogP contribution < -0.4 is 0 Å². The zero-order valence-corrected chi connectivity index (χ0v) is 14.9. The molecule has 2 aliphatic carbocycles. The summed E-state index contributed by atoms with van der Waals surface area (Å²) in [6, 6.07) is 27.4. The molecule has 6 rings (SSSR count). The van der Waals surface area contributed by atoms with Crippen LogP contribution in [0.15, 0.2) is 72.8 Å². The van der Waals surface area contributed by atoms with Crippen LogP contribution in [0.5, 0.6) is 0 Å². The van der Waals surface area contributed by atoms with Gasteiger partial charge in [0.15, 0.2) is 0 Å². The van der Waals surface area contributed by atoms with Crippen LogP contribution in [0.1, 0.15) is 41.0 Å². The summed E-state index contributed by atoms with van der Waals surface area (Å²) >= 11 is 0. The van der Waals surface area contributed by atoms with Crippen molar-refractivity contribution in [3.8, 4) is 0 Å². The van der Waals surface area contributed by atoms with E-state index in [1.54, 1.807) is 22.3 Å². The molecule has 126 valence electrons. The van der Waals surface area contributed by atoms with Crippen LogP contribution >= 0.6 is 0 Å². The van der Waals surface area contributed by atoms with Gasteiger partial charge < -0.3 is 0 Å². The average Bonchev–Trinajstić information content (AvgIpc) is 2.72. The predicted octanol–water partition coefficient (Wildman–Crippen LogP) is 6.63. The lowest BCUT2D eigenvalue weighted by molar-refractivity contribution is 0.367. The largest absolute Gasteiger partial charge is 0.0616 e. The van der Waals surface area contributed by atoms with Gasteiger partial charge in [-0.2, -0.15) is 0 Å². The van der Waals surface area contributed by atoms with E-state index in [-0.39, 0.29) is 0 Å². The minimum absolute atomic E-state index is 0.555. The number of aryl methyl sites for hydroxylation is 2. The highest BCUT2D eigenvalue weighted by Gasteiger charge is 2.36. The van der Waals surface area contributed by atoms with Gasteiger partial charge in [-0.05, 0) is 75.4 Å². The molecule has 26 heavy (non-hydrogen) atoms. The molecule has 0 unspecified atom stereocenters. The quantitative estimate of drug-likeness (QED) is 0.338. The summed E-state index contributed by atoms with van der Waals surface area (Å²) in [5.41, 5.74) is 6.39. The molecule has 2 aliphatic rings. The Hall–Kier alpha value is -2.60. The minimum atomic E-state index is 0.555. The van der Waals surface area contributed by atoms with E-state index in [0.717, 1.165) is 5.92 Å². The lowest BCUT2D eigenvalue weighted by Crippen LogP contribution is -2.27. The Kier molecular flexibility index (Phi) is 3.05. The van der Waals surface area contributed by atoms with Crippen molar-refractivity contribution in [1.82, 2.24) is 0 Å². The summed E-state index contributed by atoms with van der Waals surface area (Å²) in [5.74, 6) is 1.34. The summed E-state index contributed by atoms with van der Waals surface area (Å²) in [7, 11) is 0. The molecule has 0 fully saturated rings. The molecule has 4 aromatic rings. The van der Waals surface area contributed by atoms with Crippen LogP contribution in [0.3, 0.4) is 0 Å². The highest BCUT2D eigenvalue weighted by atomic mass is 14.4. The fraction of sp³-hybridized carbons (Fsp3) is 0.231. The van der Waals surface area contributed by atoms with Crippen molar-refractivity contribution in [3.05, 3.63) is 95.1 Å². The first-order valence-electron chi connectivity index (χ1n) is 9.91. The monoisotopic (exact) mass is 334 g/mol. The molecule has 0 N–H and O–H groups in total.